The number of hydrogen-bond donors (Lipinski definition) is 0. The maximum atomic E-state index is 10.5. The van der Waals surface area contributed by atoms with E-state index in [9.17, 15) is 4.79 Å². The van der Waals surface area contributed by atoms with Gasteiger partial charge >= 0.3 is 6.16 Å². The van der Waals surface area contributed by atoms with Crippen molar-refractivity contribution in [1.29, 1.82) is 0 Å². The van der Waals surface area contributed by atoms with Gasteiger partial charge in [0.15, 0.2) is 0 Å². The fourth-order valence-electron chi connectivity index (χ4n) is 0.342. The molecule has 0 saturated carbocycles. The molecule has 0 aromatic rings. The summed E-state index contributed by atoms with van der Waals surface area (Å²) in [5.41, 5.74) is -0.500. The molecule has 0 aliphatic carbocycles. The van der Waals surface area contributed by atoms with Crippen molar-refractivity contribution in [2.45, 2.75) is 26.4 Å². The SMILES string of the molecule is C=COC(=O)OC(C)(C)C. The molecule has 0 atom stereocenters. The monoisotopic (exact) mass is 144 g/mol. The first-order valence-electron chi connectivity index (χ1n) is 2.96. The topological polar surface area (TPSA) is 35.5 Å². The zero-order valence-corrected chi connectivity index (χ0v) is 6.51. The van der Waals surface area contributed by atoms with Gasteiger partial charge in [0.2, 0.25) is 0 Å². The highest BCUT2D eigenvalue weighted by Gasteiger charge is 2.16. The molecule has 10 heavy (non-hydrogen) atoms. The molecule has 0 rings (SSSR count). The van der Waals surface area contributed by atoms with Crippen molar-refractivity contribution in [2.75, 3.05) is 0 Å². The molecule has 0 aliphatic rings. The largest absolute Gasteiger partial charge is 0.513 e. The second-order valence-electron chi connectivity index (χ2n) is 2.75. The Morgan fingerprint density at radius 1 is 1.50 bits per heavy atom. The summed E-state index contributed by atoms with van der Waals surface area (Å²) in [5.74, 6) is 0. The lowest BCUT2D eigenvalue weighted by atomic mass is 10.2. The summed E-state index contributed by atoms with van der Waals surface area (Å²) in [7, 11) is 0. The van der Waals surface area contributed by atoms with E-state index in [1.54, 1.807) is 20.8 Å². The van der Waals surface area contributed by atoms with Crippen LogP contribution in [0.3, 0.4) is 0 Å². The van der Waals surface area contributed by atoms with E-state index in [0.29, 0.717) is 0 Å². The Bertz CT molecular complexity index is 132. The first-order chi connectivity index (χ1) is 4.45. The molecule has 0 radical (unpaired) electrons. The van der Waals surface area contributed by atoms with E-state index < -0.39 is 11.8 Å². The van der Waals surface area contributed by atoms with Crippen LogP contribution in [-0.2, 0) is 9.47 Å². The summed E-state index contributed by atoms with van der Waals surface area (Å²) in [5, 5.41) is 0. The van der Waals surface area contributed by atoms with Crippen LogP contribution < -0.4 is 0 Å². The van der Waals surface area contributed by atoms with Crippen LogP contribution in [0.2, 0.25) is 0 Å². The highest BCUT2D eigenvalue weighted by molar-refractivity contribution is 5.61. The molecule has 0 saturated heterocycles. The van der Waals surface area contributed by atoms with Crippen molar-refractivity contribution in [3.63, 3.8) is 0 Å². The summed E-state index contributed by atoms with van der Waals surface area (Å²) in [4.78, 5) is 10.5. The quantitative estimate of drug-likeness (QED) is 0.417. The molecule has 0 aromatic heterocycles. The minimum atomic E-state index is -0.720. The lowest BCUT2D eigenvalue weighted by Crippen LogP contribution is -2.23. The van der Waals surface area contributed by atoms with E-state index in [4.69, 9.17) is 4.74 Å². The first-order valence-corrected chi connectivity index (χ1v) is 2.96. The number of carbonyl (C=O) groups excluding carboxylic acids is 1. The highest BCUT2D eigenvalue weighted by Crippen LogP contribution is 2.07. The Labute approximate surface area is 60.6 Å². The van der Waals surface area contributed by atoms with Gasteiger partial charge in [-0.3, -0.25) is 0 Å². The van der Waals surface area contributed by atoms with Crippen molar-refractivity contribution >= 4 is 6.16 Å². The lowest BCUT2D eigenvalue weighted by Gasteiger charge is -2.17. The smallest absolute Gasteiger partial charge is 0.428 e. The molecule has 0 unspecified atom stereocenters. The van der Waals surface area contributed by atoms with Gasteiger partial charge in [-0.15, -0.1) is 0 Å². The number of carbonyl (C=O) groups is 1. The number of rotatable bonds is 1. The Morgan fingerprint density at radius 2 is 2.00 bits per heavy atom. The zero-order valence-electron chi connectivity index (χ0n) is 6.51. The Kier molecular flexibility index (Phi) is 2.93. The molecular formula is C7H12O3. The predicted octanol–water partition coefficient (Wildman–Crippen LogP) is 2.08. The Balaban J connectivity index is 3.68. The van der Waals surface area contributed by atoms with Gasteiger partial charge in [-0.25, -0.2) is 4.79 Å². The average Bonchev–Trinajstić information content (AvgIpc) is 1.59. The van der Waals surface area contributed by atoms with E-state index in [1.807, 2.05) is 0 Å². The van der Waals surface area contributed by atoms with E-state index in [1.165, 1.54) is 0 Å². The molecule has 0 aromatic carbocycles. The molecule has 0 N–H and O–H groups in total. The molecular weight excluding hydrogens is 132 g/mol. The average molecular weight is 144 g/mol. The van der Waals surface area contributed by atoms with Crippen molar-refractivity contribution in [2.24, 2.45) is 0 Å². The van der Waals surface area contributed by atoms with Gasteiger partial charge < -0.3 is 9.47 Å². The molecule has 0 spiro atoms. The minimum absolute atomic E-state index is 0.500. The fourth-order valence-corrected chi connectivity index (χ4v) is 0.342. The highest BCUT2D eigenvalue weighted by atomic mass is 16.7. The van der Waals surface area contributed by atoms with Gasteiger partial charge in [-0.1, -0.05) is 6.58 Å². The van der Waals surface area contributed by atoms with Gasteiger partial charge in [0, 0.05) is 0 Å². The van der Waals surface area contributed by atoms with Gasteiger partial charge in [0.1, 0.15) is 5.60 Å². The first kappa shape index (κ1) is 9.01. The summed E-state index contributed by atoms with van der Waals surface area (Å²) >= 11 is 0. The van der Waals surface area contributed by atoms with Gasteiger partial charge in [-0.2, -0.15) is 0 Å². The molecule has 58 valence electrons. The summed E-state index contributed by atoms with van der Waals surface area (Å²) in [6.45, 7) is 8.49. The molecule has 3 nitrogen and oxygen atoms in total. The maximum Gasteiger partial charge on any atom is 0.513 e. The number of ether oxygens (including phenoxy) is 2. The van der Waals surface area contributed by atoms with Crippen molar-refractivity contribution in [3.8, 4) is 0 Å². The van der Waals surface area contributed by atoms with Crippen LogP contribution in [0.25, 0.3) is 0 Å². The summed E-state index contributed by atoms with van der Waals surface area (Å²) in [6.07, 6.45) is 0.316. The molecule has 0 amide bonds. The zero-order chi connectivity index (χ0) is 8.20. The second-order valence-corrected chi connectivity index (χ2v) is 2.75. The van der Waals surface area contributed by atoms with Crippen molar-refractivity contribution < 1.29 is 14.3 Å². The summed E-state index contributed by atoms with van der Waals surface area (Å²) in [6, 6.07) is 0. The van der Waals surface area contributed by atoms with Crippen molar-refractivity contribution in [3.05, 3.63) is 12.8 Å². The van der Waals surface area contributed by atoms with Crippen molar-refractivity contribution in [1.82, 2.24) is 0 Å². The van der Waals surface area contributed by atoms with Crippen LogP contribution in [-0.4, -0.2) is 11.8 Å². The van der Waals surface area contributed by atoms with E-state index in [-0.39, 0.29) is 0 Å². The van der Waals surface area contributed by atoms with Crippen LogP contribution in [0.5, 0.6) is 0 Å². The second kappa shape index (κ2) is 3.25. The minimum Gasteiger partial charge on any atom is -0.428 e. The molecule has 3 heteroatoms. The fraction of sp³-hybridized carbons (Fsp3) is 0.571. The maximum absolute atomic E-state index is 10.5. The van der Waals surface area contributed by atoms with E-state index >= 15 is 0 Å². The normalized spacial score (nSPS) is 10.3. The third-order valence-corrected chi connectivity index (χ3v) is 0.569. The standard InChI is InChI=1S/C7H12O3/c1-5-9-6(8)10-7(2,3)4/h5H,1H2,2-4H3. The van der Waals surface area contributed by atoms with Gasteiger partial charge in [0.05, 0.1) is 6.26 Å². The van der Waals surface area contributed by atoms with Crippen LogP contribution in [0.4, 0.5) is 4.79 Å². The van der Waals surface area contributed by atoms with Crippen LogP contribution in [0.1, 0.15) is 20.8 Å². The Morgan fingerprint density at radius 3 is 2.30 bits per heavy atom. The van der Waals surface area contributed by atoms with Crippen LogP contribution in [0, 0.1) is 0 Å². The molecule has 0 fully saturated rings. The van der Waals surface area contributed by atoms with E-state index in [2.05, 4.69) is 11.3 Å². The molecule has 0 heterocycles. The summed E-state index contributed by atoms with van der Waals surface area (Å²) < 4.78 is 9.07. The van der Waals surface area contributed by atoms with E-state index in [0.717, 1.165) is 6.26 Å². The predicted molar refractivity (Wildman–Crippen MR) is 37.5 cm³/mol. The van der Waals surface area contributed by atoms with Gasteiger partial charge in [0.25, 0.3) is 0 Å². The number of hydrogen-bond acceptors (Lipinski definition) is 3. The Hall–Kier alpha value is -0.990. The molecule has 0 aliphatic heterocycles. The molecule has 0 bridgehead atoms. The lowest BCUT2D eigenvalue weighted by molar-refractivity contribution is 0.0112. The third kappa shape index (κ3) is 5.15. The van der Waals surface area contributed by atoms with Crippen LogP contribution in [0.15, 0.2) is 12.8 Å². The van der Waals surface area contributed by atoms with Gasteiger partial charge in [-0.05, 0) is 20.8 Å². The van der Waals surface area contributed by atoms with Crippen LogP contribution >= 0.6 is 0 Å². The third-order valence-electron chi connectivity index (χ3n) is 0.569.